The van der Waals surface area contributed by atoms with Gasteiger partial charge in [0.15, 0.2) is 11.6 Å². The topological polar surface area (TPSA) is 63.6 Å². The van der Waals surface area contributed by atoms with Gasteiger partial charge in [-0.1, -0.05) is 6.92 Å². The highest BCUT2D eigenvalue weighted by Gasteiger charge is 2.02. The fourth-order valence-electron chi connectivity index (χ4n) is 1.25. The molecule has 1 N–H and O–H groups in total. The van der Waals surface area contributed by atoms with Crippen LogP contribution in [0.25, 0.3) is 11.6 Å². The van der Waals surface area contributed by atoms with Crippen molar-refractivity contribution in [3.8, 4) is 11.6 Å². The molecular formula is C11H13N5. The SMILES string of the molecule is CCNCc1cnc(-c2ncccn2)nc1. The van der Waals surface area contributed by atoms with E-state index in [0.29, 0.717) is 11.6 Å². The first-order valence-corrected chi connectivity index (χ1v) is 5.19. The Balaban J connectivity index is 2.13. The first-order chi connectivity index (χ1) is 7.90. The second kappa shape index (κ2) is 5.27. The maximum atomic E-state index is 4.23. The summed E-state index contributed by atoms with van der Waals surface area (Å²) >= 11 is 0. The molecule has 0 saturated heterocycles. The fourth-order valence-corrected chi connectivity index (χ4v) is 1.25. The lowest BCUT2D eigenvalue weighted by atomic mass is 10.3. The Morgan fingerprint density at radius 3 is 2.25 bits per heavy atom. The lowest BCUT2D eigenvalue weighted by Crippen LogP contribution is -2.12. The number of hydrogen-bond acceptors (Lipinski definition) is 5. The van der Waals surface area contributed by atoms with E-state index in [1.54, 1.807) is 30.9 Å². The molecule has 0 saturated carbocycles. The molecule has 0 amide bonds. The van der Waals surface area contributed by atoms with Gasteiger partial charge in [0.1, 0.15) is 0 Å². The van der Waals surface area contributed by atoms with E-state index in [-0.39, 0.29) is 0 Å². The van der Waals surface area contributed by atoms with Crippen LogP contribution in [0.5, 0.6) is 0 Å². The van der Waals surface area contributed by atoms with Crippen LogP contribution in [0.4, 0.5) is 0 Å². The molecule has 0 bridgehead atoms. The largest absolute Gasteiger partial charge is 0.313 e. The first-order valence-electron chi connectivity index (χ1n) is 5.19. The van der Waals surface area contributed by atoms with Gasteiger partial charge in [0.2, 0.25) is 0 Å². The highest BCUT2D eigenvalue weighted by atomic mass is 15.0. The highest BCUT2D eigenvalue weighted by molar-refractivity contribution is 5.41. The van der Waals surface area contributed by atoms with E-state index in [4.69, 9.17) is 0 Å². The number of aromatic nitrogens is 4. The predicted molar refractivity (Wildman–Crippen MR) is 60.4 cm³/mol. The molecule has 0 unspecified atom stereocenters. The summed E-state index contributed by atoms with van der Waals surface area (Å²) in [6.45, 7) is 3.78. The molecular weight excluding hydrogens is 202 g/mol. The third-order valence-electron chi connectivity index (χ3n) is 2.05. The second-order valence-electron chi connectivity index (χ2n) is 3.27. The number of rotatable bonds is 4. The van der Waals surface area contributed by atoms with Gasteiger partial charge in [-0.25, -0.2) is 19.9 Å². The monoisotopic (exact) mass is 215 g/mol. The van der Waals surface area contributed by atoms with E-state index in [1.165, 1.54) is 0 Å². The molecule has 0 aliphatic heterocycles. The molecule has 2 aromatic rings. The summed E-state index contributed by atoms with van der Waals surface area (Å²) in [5.41, 5.74) is 1.06. The molecule has 5 heteroatoms. The van der Waals surface area contributed by atoms with Gasteiger partial charge in [0, 0.05) is 36.9 Å². The molecule has 5 nitrogen and oxygen atoms in total. The Kier molecular flexibility index (Phi) is 3.50. The van der Waals surface area contributed by atoms with E-state index in [1.807, 2.05) is 0 Å². The Morgan fingerprint density at radius 2 is 1.62 bits per heavy atom. The summed E-state index contributed by atoms with van der Waals surface area (Å²) < 4.78 is 0. The normalized spacial score (nSPS) is 10.3. The number of nitrogens with zero attached hydrogens (tertiary/aromatic N) is 4. The van der Waals surface area contributed by atoms with Crippen molar-refractivity contribution in [3.63, 3.8) is 0 Å². The van der Waals surface area contributed by atoms with Gasteiger partial charge in [-0.3, -0.25) is 0 Å². The van der Waals surface area contributed by atoms with Crippen LogP contribution >= 0.6 is 0 Å². The molecule has 2 aromatic heterocycles. The van der Waals surface area contributed by atoms with E-state index < -0.39 is 0 Å². The van der Waals surface area contributed by atoms with Crippen LogP contribution in [0.15, 0.2) is 30.9 Å². The Labute approximate surface area is 94.0 Å². The molecule has 2 rings (SSSR count). The van der Waals surface area contributed by atoms with Crippen molar-refractivity contribution in [1.82, 2.24) is 25.3 Å². The minimum absolute atomic E-state index is 0.553. The van der Waals surface area contributed by atoms with Gasteiger partial charge < -0.3 is 5.32 Å². The summed E-state index contributed by atoms with van der Waals surface area (Å²) in [5, 5.41) is 3.21. The van der Waals surface area contributed by atoms with Crippen LogP contribution in [-0.4, -0.2) is 26.5 Å². The molecule has 0 aromatic carbocycles. The molecule has 0 spiro atoms. The van der Waals surface area contributed by atoms with E-state index in [2.05, 4.69) is 32.2 Å². The van der Waals surface area contributed by atoms with Crippen LogP contribution in [0, 0.1) is 0 Å². The minimum atomic E-state index is 0.553. The lowest BCUT2D eigenvalue weighted by molar-refractivity contribution is 0.721. The quantitative estimate of drug-likeness (QED) is 0.825. The van der Waals surface area contributed by atoms with E-state index in [0.717, 1.165) is 18.7 Å². The zero-order chi connectivity index (χ0) is 11.2. The molecule has 0 atom stereocenters. The van der Waals surface area contributed by atoms with Crippen LogP contribution in [0.1, 0.15) is 12.5 Å². The molecule has 2 heterocycles. The Bertz CT molecular complexity index is 426. The molecule has 0 radical (unpaired) electrons. The van der Waals surface area contributed by atoms with Gasteiger partial charge in [0.25, 0.3) is 0 Å². The van der Waals surface area contributed by atoms with E-state index >= 15 is 0 Å². The zero-order valence-electron chi connectivity index (χ0n) is 9.09. The van der Waals surface area contributed by atoms with Gasteiger partial charge in [-0.2, -0.15) is 0 Å². The smallest absolute Gasteiger partial charge is 0.197 e. The van der Waals surface area contributed by atoms with Gasteiger partial charge in [-0.15, -0.1) is 0 Å². The van der Waals surface area contributed by atoms with Crippen LogP contribution in [-0.2, 0) is 6.54 Å². The Morgan fingerprint density at radius 1 is 1.00 bits per heavy atom. The standard InChI is InChI=1S/C11H13N5/c1-2-12-6-9-7-15-11(16-8-9)10-13-4-3-5-14-10/h3-5,7-8,12H,2,6H2,1H3. The number of nitrogens with one attached hydrogen (secondary N) is 1. The zero-order valence-corrected chi connectivity index (χ0v) is 9.09. The molecule has 0 fully saturated rings. The fraction of sp³-hybridized carbons (Fsp3) is 0.273. The van der Waals surface area contributed by atoms with Crippen molar-refractivity contribution >= 4 is 0 Å². The third kappa shape index (κ3) is 2.58. The highest BCUT2D eigenvalue weighted by Crippen LogP contribution is 2.06. The lowest BCUT2D eigenvalue weighted by Gasteiger charge is -2.01. The summed E-state index contributed by atoms with van der Waals surface area (Å²) in [4.78, 5) is 16.6. The van der Waals surface area contributed by atoms with E-state index in [9.17, 15) is 0 Å². The Hall–Kier alpha value is -1.88. The van der Waals surface area contributed by atoms with Crippen LogP contribution < -0.4 is 5.32 Å². The van der Waals surface area contributed by atoms with Crippen molar-refractivity contribution < 1.29 is 0 Å². The minimum Gasteiger partial charge on any atom is -0.313 e. The predicted octanol–water partition coefficient (Wildman–Crippen LogP) is 1.04. The van der Waals surface area contributed by atoms with Crippen molar-refractivity contribution in [1.29, 1.82) is 0 Å². The van der Waals surface area contributed by atoms with Gasteiger partial charge >= 0.3 is 0 Å². The molecule has 82 valence electrons. The maximum Gasteiger partial charge on any atom is 0.197 e. The van der Waals surface area contributed by atoms with Gasteiger partial charge in [0.05, 0.1) is 0 Å². The third-order valence-corrected chi connectivity index (χ3v) is 2.05. The van der Waals surface area contributed by atoms with Crippen molar-refractivity contribution in [2.75, 3.05) is 6.54 Å². The van der Waals surface area contributed by atoms with Gasteiger partial charge in [-0.05, 0) is 12.6 Å². The summed E-state index contributed by atoms with van der Waals surface area (Å²) in [6.07, 6.45) is 6.94. The summed E-state index contributed by atoms with van der Waals surface area (Å²) in [6, 6.07) is 1.77. The van der Waals surface area contributed by atoms with Crippen molar-refractivity contribution in [3.05, 3.63) is 36.4 Å². The average molecular weight is 215 g/mol. The molecule has 0 aliphatic carbocycles. The first kappa shape index (κ1) is 10.6. The van der Waals surface area contributed by atoms with Crippen LogP contribution in [0.2, 0.25) is 0 Å². The maximum absolute atomic E-state index is 4.23. The average Bonchev–Trinajstić information content (AvgIpc) is 2.38. The van der Waals surface area contributed by atoms with Crippen molar-refractivity contribution in [2.45, 2.75) is 13.5 Å². The molecule has 16 heavy (non-hydrogen) atoms. The summed E-state index contributed by atoms with van der Waals surface area (Å²) in [7, 11) is 0. The summed E-state index contributed by atoms with van der Waals surface area (Å²) in [5.74, 6) is 1.11. The second-order valence-corrected chi connectivity index (χ2v) is 3.27. The molecule has 0 aliphatic rings. The van der Waals surface area contributed by atoms with Crippen molar-refractivity contribution in [2.24, 2.45) is 0 Å². The number of hydrogen-bond donors (Lipinski definition) is 1. The van der Waals surface area contributed by atoms with Crippen LogP contribution in [0.3, 0.4) is 0 Å².